The molecule has 2 fully saturated rings. The highest BCUT2D eigenvalue weighted by atomic mass is 127. The molecule has 0 saturated carbocycles. The van der Waals surface area contributed by atoms with Crippen molar-refractivity contribution in [1.82, 2.24) is 15.5 Å². The van der Waals surface area contributed by atoms with E-state index in [4.69, 9.17) is 4.74 Å². The van der Waals surface area contributed by atoms with Gasteiger partial charge in [0.25, 0.3) is 0 Å². The maximum absolute atomic E-state index is 12.0. The van der Waals surface area contributed by atoms with Crippen molar-refractivity contribution < 1.29 is 9.53 Å². The van der Waals surface area contributed by atoms with E-state index in [9.17, 15) is 4.79 Å². The molecule has 2 N–H and O–H groups in total. The third kappa shape index (κ3) is 7.65. The second-order valence-corrected chi connectivity index (χ2v) is 7.73. The minimum Gasteiger partial charge on any atom is -0.381 e. The van der Waals surface area contributed by atoms with Gasteiger partial charge in [-0.3, -0.25) is 4.79 Å². The SMILES string of the molecule is CN(C)C(=O)CN=C(NC1CCOCC1)NC1CCN(c2ccccc2)CC1.I. The third-order valence-corrected chi connectivity index (χ3v) is 5.39. The number of carbonyl (C=O) groups excluding carboxylic acids is 1. The first-order valence-electron chi connectivity index (χ1n) is 10.3. The van der Waals surface area contributed by atoms with Gasteiger partial charge in [-0.2, -0.15) is 0 Å². The van der Waals surface area contributed by atoms with Crippen LogP contribution in [0.15, 0.2) is 35.3 Å². The second-order valence-electron chi connectivity index (χ2n) is 7.73. The van der Waals surface area contributed by atoms with Crippen molar-refractivity contribution in [3.63, 3.8) is 0 Å². The molecule has 7 nitrogen and oxygen atoms in total. The Morgan fingerprint density at radius 1 is 1.07 bits per heavy atom. The molecule has 162 valence electrons. The van der Waals surface area contributed by atoms with Gasteiger partial charge in [-0.25, -0.2) is 4.99 Å². The molecule has 0 aromatic heterocycles. The highest BCUT2D eigenvalue weighted by Crippen LogP contribution is 2.19. The van der Waals surface area contributed by atoms with E-state index in [-0.39, 0.29) is 36.4 Å². The summed E-state index contributed by atoms with van der Waals surface area (Å²) in [5.74, 6) is 0.757. The lowest BCUT2D eigenvalue weighted by molar-refractivity contribution is -0.127. The van der Waals surface area contributed by atoms with Crippen molar-refractivity contribution in [3.05, 3.63) is 30.3 Å². The number of guanidine groups is 1. The molecule has 8 heteroatoms. The molecule has 0 spiro atoms. The van der Waals surface area contributed by atoms with Crippen molar-refractivity contribution >= 4 is 41.5 Å². The Morgan fingerprint density at radius 3 is 2.24 bits per heavy atom. The van der Waals surface area contributed by atoms with Gasteiger partial charge in [0.05, 0.1) is 0 Å². The predicted molar refractivity (Wildman–Crippen MR) is 128 cm³/mol. The monoisotopic (exact) mass is 515 g/mol. The number of aliphatic imine (C=N–C) groups is 1. The van der Waals surface area contributed by atoms with Crippen LogP contribution in [0.25, 0.3) is 0 Å². The topological polar surface area (TPSA) is 69.2 Å². The van der Waals surface area contributed by atoms with Crippen LogP contribution in [0.4, 0.5) is 5.69 Å². The Bertz CT molecular complexity index is 642. The normalized spacial score (nSPS) is 18.7. The van der Waals surface area contributed by atoms with Gasteiger partial charge in [-0.15, -0.1) is 24.0 Å². The summed E-state index contributed by atoms with van der Waals surface area (Å²) in [4.78, 5) is 20.5. The van der Waals surface area contributed by atoms with Gasteiger partial charge in [0.15, 0.2) is 5.96 Å². The van der Waals surface area contributed by atoms with Crippen molar-refractivity contribution in [3.8, 4) is 0 Å². The largest absolute Gasteiger partial charge is 0.381 e. The minimum absolute atomic E-state index is 0. The van der Waals surface area contributed by atoms with Crippen LogP contribution in [0.1, 0.15) is 25.7 Å². The number of hydrogen-bond acceptors (Lipinski definition) is 4. The van der Waals surface area contributed by atoms with Crippen LogP contribution in [0.3, 0.4) is 0 Å². The second kappa shape index (κ2) is 12.2. The van der Waals surface area contributed by atoms with E-state index in [1.165, 1.54) is 5.69 Å². The molecule has 2 aliphatic rings. The fraction of sp³-hybridized carbons (Fsp3) is 0.619. The molecule has 0 unspecified atom stereocenters. The molecule has 1 aromatic carbocycles. The van der Waals surface area contributed by atoms with Crippen LogP contribution >= 0.6 is 24.0 Å². The summed E-state index contributed by atoms with van der Waals surface area (Å²) in [5, 5.41) is 7.09. The molecule has 2 aliphatic heterocycles. The number of para-hydroxylation sites is 1. The zero-order valence-electron chi connectivity index (χ0n) is 17.5. The number of ether oxygens (including phenoxy) is 1. The van der Waals surface area contributed by atoms with Crippen molar-refractivity contribution in [2.75, 3.05) is 51.8 Å². The number of rotatable bonds is 5. The van der Waals surface area contributed by atoms with Crippen molar-refractivity contribution in [2.45, 2.75) is 37.8 Å². The molecule has 0 bridgehead atoms. The van der Waals surface area contributed by atoms with Gasteiger partial charge in [-0.1, -0.05) is 18.2 Å². The minimum atomic E-state index is 0. The number of nitrogens with one attached hydrogen (secondary N) is 2. The van der Waals surface area contributed by atoms with Crippen molar-refractivity contribution in [2.24, 2.45) is 4.99 Å². The molecule has 0 radical (unpaired) electrons. The molecule has 2 saturated heterocycles. The number of likely N-dealkylation sites (N-methyl/N-ethyl adjacent to an activating group) is 1. The zero-order chi connectivity index (χ0) is 19.8. The first kappa shape index (κ1) is 23.7. The lowest BCUT2D eigenvalue weighted by Gasteiger charge is -2.35. The summed E-state index contributed by atoms with van der Waals surface area (Å²) >= 11 is 0. The molecule has 29 heavy (non-hydrogen) atoms. The summed E-state index contributed by atoms with van der Waals surface area (Å²) in [5.41, 5.74) is 1.28. The summed E-state index contributed by atoms with van der Waals surface area (Å²) < 4.78 is 5.45. The molecule has 0 atom stereocenters. The number of carbonyl (C=O) groups is 1. The quantitative estimate of drug-likeness (QED) is 0.357. The standard InChI is InChI=1S/C21H33N5O2.HI/c1-25(2)20(27)16-22-21(24-18-10-14-28-15-11-18)23-17-8-12-26(13-9-17)19-6-4-3-5-7-19;/h3-7,17-18H,8-16H2,1-2H3,(H2,22,23,24);1H. The van der Waals surface area contributed by atoms with Crippen LogP contribution in [0.2, 0.25) is 0 Å². The van der Waals surface area contributed by atoms with Gasteiger partial charge in [0, 0.05) is 58.2 Å². The van der Waals surface area contributed by atoms with E-state index < -0.39 is 0 Å². The fourth-order valence-corrected chi connectivity index (χ4v) is 3.57. The Balaban J connectivity index is 0.00000300. The van der Waals surface area contributed by atoms with Crippen LogP contribution < -0.4 is 15.5 Å². The molecule has 1 amide bonds. The average molecular weight is 515 g/mol. The summed E-state index contributed by atoms with van der Waals surface area (Å²) in [6, 6.07) is 11.3. The van der Waals surface area contributed by atoms with Gasteiger partial charge in [0.1, 0.15) is 6.54 Å². The van der Waals surface area contributed by atoms with Crippen LogP contribution in [-0.4, -0.2) is 75.8 Å². The highest BCUT2D eigenvalue weighted by Gasteiger charge is 2.22. The molecule has 0 aliphatic carbocycles. The van der Waals surface area contributed by atoms with E-state index in [0.717, 1.165) is 57.9 Å². The number of halogens is 1. The van der Waals surface area contributed by atoms with Gasteiger partial charge < -0.3 is 25.2 Å². The molecular formula is C21H34IN5O2. The summed E-state index contributed by atoms with van der Waals surface area (Å²) in [7, 11) is 3.52. The number of hydrogen-bond donors (Lipinski definition) is 2. The lowest BCUT2D eigenvalue weighted by Crippen LogP contribution is -2.52. The lowest BCUT2D eigenvalue weighted by atomic mass is 10.0. The Kier molecular flexibility index (Phi) is 9.99. The van der Waals surface area contributed by atoms with E-state index >= 15 is 0 Å². The Morgan fingerprint density at radius 2 is 1.66 bits per heavy atom. The van der Waals surface area contributed by atoms with E-state index in [0.29, 0.717) is 12.1 Å². The van der Waals surface area contributed by atoms with Crippen molar-refractivity contribution in [1.29, 1.82) is 0 Å². The zero-order valence-corrected chi connectivity index (χ0v) is 19.8. The van der Waals surface area contributed by atoms with E-state index in [2.05, 4.69) is 50.9 Å². The summed E-state index contributed by atoms with van der Waals surface area (Å²) in [6.07, 6.45) is 4.03. The van der Waals surface area contributed by atoms with E-state index in [1.54, 1.807) is 19.0 Å². The van der Waals surface area contributed by atoms with Crippen LogP contribution in [0.5, 0.6) is 0 Å². The first-order valence-corrected chi connectivity index (χ1v) is 10.3. The highest BCUT2D eigenvalue weighted by molar-refractivity contribution is 14.0. The molecule has 2 heterocycles. The first-order chi connectivity index (χ1) is 13.6. The summed E-state index contributed by atoms with van der Waals surface area (Å²) in [6.45, 7) is 3.74. The van der Waals surface area contributed by atoms with Gasteiger partial charge in [0.2, 0.25) is 5.91 Å². The molecule has 1 aromatic rings. The smallest absolute Gasteiger partial charge is 0.243 e. The van der Waals surface area contributed by atoms with Crippen LogP contribution in [-0.2, 0) is 9.53 Å². The van der Waals surface area contributed by atoms with Gasteiger partial charge >= 0.3 is 0 Å². The predicted octanol–water partition coefficient (Wildman–Crippen LogP) is 2.08. The number of amides is 1. The van der Waals surface area contributed by atoms with Gasteiger partial charge in [-0.05, 0) is 37.8 Å². The number of benzene rings is 1. The number of nitrogens with zero attached hydrogens (tertiary/aromatic N) is 3. The number of piperidine rings is 1. The molecular weight excluding hydrogens is 481 g/mol. The molecule has 3 rings (SSSR count). The maximum atomic E-state index is 12.0. The Labute approximate surface area is 191 Å². The Hall–Kier alpha value is -1.55. The van der Waals surface area contributed by atoms with Crippen LogP contribution in [0, 0.1) is 0 Å². The third-order valence-electron chi connectivity index (χ3n) is 5.39. The fourth-order valence-electron chi connectivity index (χ4n) is 3.57. The number of anilines is 1. The maximum Gasteiger partial charge on any atom is 0.243 e. The van der Waals surface area contributed by atoms with E-state index in [1.807, 2.05) is 0 Å². The average Bonchev–Trinajstić information content (AvgIpc) is 2.73.